The Hall–Kier alpha value is -3.42. The molecule has 8 heteroatoms. The van der Waals surface area contributed by atoms with Gasteiger partial charge in [0.2, 0.25) is 11.9 Å². The summed E-state index contributed by atoms with van der Waals surface area (Å²) in [6.45, 7) is 4.39. The molecule has 0 radical (unpaired) electrons. The number of rotatable bonds is 4. The second-order valence-corrected chi connectivity index (χ2v) is 7.09. The molecule has 0 saturated carbocycles. The highest BCUT2D eigenvalue weighted by atomic mass is 16.4. The molecule has 0 bridgehead atoms. The zero-order valence-electron chi connectivity index (χ0n) is 16.2. The largest absolute Gasteiger partial charge is 0.508 e. The van der Waals surface area contributed by atoms with Crippen LogP contribution in [0, 0.1) is 6.92 Å². The lowest BCUT2D eigenvalue weighted by atomic mass is 10.0. The van der Waals surface area contributed by atoms with Gasteiger partial charge in [-0.25, -0.2) is 14.8 Å². The summed E-state index contributed by atoms with van der Waals surface area (Å²) in [5.74, 6) is 0.737. The van der Waals surface area contributed by atoms with Crippen LogP contribution >= 0.6 is 0 Å². The van der Waals surface area contributed by atoms with E-state index < -0.39 is 5.63 Å². The number of phenols is 1. The van der Waals surface area contributed by atoms with Gasteiger partial charge in [-0.3, -0.25) is 4.79 Å². The number of amides is 1. The molecule has 0 atom stereocenters. The van der Waals surface area contributed by atoms with Crippen molar-refractivity contribution in [3.63, 3.8) is 0 Å². The van der Waals surface area contributed by atoms with E-state index in [4.69, 9.17) is 4.42 Å². The number of fused-ring (bicyclic) bond motifs is 1. The van der Waals surface area contributed by atoms with Crippen molar-refractivity contribution >= 4 is 22.8 Å². The molecule has 1 fully saturated rings. The predicted molar refractivity (Wildman–Crippen MR) is 108 cm³/mol. The van der Waals surface area contributed by atoms with Gasteiger partial charge in [0.25, 0.3) is 0 Å². The molecule has 0 aliphatic carbocycles. The number of aromatic hydroxyl groups is 1. The number of benzene rings is 1. The molecule has 2 aromatic heterocycles. The van der Waals surface area contributed by atoms with Gasteiger partial charge in [-0.05, 0) is 37.1 Å². The Kier molecular flexibility index (Phi) is 5.16. The highest BCUT2D eigenvalue weighted by molar-refractivity contribution is 5.82. The van der Waals surface area contributed by atoms with Gasteiger partial charge in [-0.15, -0.1) is 0 Å². The topological polar surface area (TPSA) is 99.8 Å². The van der Waals surface area contributed by atoms with Crippen LogP contribution in [0.2, 0.25) is 0 Å². The first kappa shape index (κ1) is 18.9. The number of phenolic OH excluding ortho intramolecular Hbond substituents is 1. The Bertz CT molecular complexity index is 1090. The van der Waals surface area contributed by atoms with Crippen molar-refractivity contribution in [1.82, 2.24) is 14.9 Å². The minimum atomic E-state index is -0.459. The van der Waals surface area contributed by atoms with Crippen molar-refractivity contribution in [2.75, 3.05) is 31.1 Å². The third kappa shape index (κ3) is 3.91. The number of carbonyl (C=O) groups excluding carboxylic acids is 1. The van der Waals surface area contributed by atoms with Crippen LogP contribution in [0.25, 0.3) is 11.0 Å². The number of hydrogen-bond donors (Lipinski definition) is 1. The molecule has 1 amide bonds. The zero-order chi connectivity index (χ0) is 20.4. The molecule has 1 aliphatic rings. The highest BCUT2D eigenvalue weighted by Crippen LogP contribution is 2.24. The number of hydrogen-bond acceptors (Lipinski definition) is 7. The smallest absolute Gasteiger partial charge is 0.339 e. The summed E-state index contributed by atoms with van der Waals surface area (Å²) < 4.78 is 5.33. The molecule has 1 saturated heterocycles. The Morgan fingerprint density at radius 1 is 1.17 bits per heavy atom. The fourth-order valence-electron chi connectivity index (χ4n) is 3.67. The molecule has 1 aliphatic heterocycles. The Morgan fingerprint density at radius 3 is 2.62 bits per heavy atom. The van der Waals surface area contributed by atoms with E-state index in [1.54, 1.807) is 30.6 Å². The van der Waals surface area contributed by atoms with Gasteiger partial charge in [-0.1, -0.05) is 0 Å². The summed E-state index contributed by atoms with van der Waals surface area (Å²) in [5, 5.41) is 10.3. The number of aryl methyl sites for hydroxylation is 1. The van der Waals surface area contributed by atoms with Crippen LogP contribution in [-0.4, -0.2) is 52.1 Å². The summed E-state index contributed by atoms with van der Waals surface area (Å²) in [4.78, 5) is 37.4. The molecule has 3 aromatic rings. The maximum absolute atomic E-state index is 12.7. The molecule has 150 valence electrons. The molecule has 8 nitrogen and oxygen atoms in total. The van der Waals surface area contributed by atoms with E-state index in [1.165, 1.54) is 6.07 Å². The first-order chi connectivity index (χ1) is 14.0. The van der Waals surface area contributed by atoms with Crippen molar-refractivity contribution in [1.29, 1.82) is 0 Å². The van der Waals surface area contributed by atoms with Crippen LogP contribution in [-0.2, 0) is 11.2 Å². The zero-order valence-corrected chi connectivity index (χ0v) is 16.2. The Balaban J connectivity index is 1.40. The van der Waals surface area contributed by atoms with Crippen molar-refractivity contribution in [2.24, 2.45) is 0 Å². The molecule has 0 spiro atoms. The van der Waals surface area contributed by atoms with Crippen molar-refractivity contribution in [2.45, 2.75) is 19.8 Å². The Morgan fingerprint density at radius 2 is 1.90 bits per heavy atom. The molecular weight excluding hydrogens is 372 g/mol. The number of piperazine rings is 1. The van der Waals surface area contributed by atoms with Crippen LogP contribution in [0.1, 0.15) is 17.5 Å². The summed E-state index contributed by atoms with van der Waals surface area (Å²) in [5.41, 5.74) is 1.18. The lowest BCUT2D eigenvalue weighted by Gasteiger charge is -2.34. The Labute approximate surface area is 167 Å². The minimum Gasteiger partial charge on any atom is -0.508 e. The highest BCUT2D eigenvalue weighted by Gasteiger charge is 2.23. The first-order valence-corrected chi connectivity index (χ1v) is 9.58. The van der Waals surface area contributed by atoms with Gasteiger partial charge in [0.05, 0.1) is 0 Å². The molecule has 29 heavy (non-hydrogen) atoms. The molecule has 1 N–H and O–H groups in total. The van der Waals surface area contributed by atoms with Gasteiger partial charge >= 0.3 is 5.63 Å². The fraction of sp³-hybridized carbons (Fsp3) is 0.333. The maximum Gasteiger partial charge on any atom is 0.339 e. The van der Waals surface area contributed by atoms with Crippen molar-refractivity contribution in [3.05, 3.63) is 58.2 Å². The predicted octanol–water partition coefficient (Wildman–Crippen LogP) is 1.88. The average molecular weight is 394 g/mol. The van der Waals surface area contributed by atoms with Gasteiger partial charge < -0.3 is 19.3 Å². The van der Waals surface area contributed by atoms with Gasteiger partial charge in [0.1, 0.15) is 11.3 Å². The van der Waals surface area contributed by atoms with Crippen LogP contribution in [0.3, 0.4) is 0 Å². The summed E-state index contributed by atoms with van der Waals surface area (Å²) in [6, 6.07) is 6.48. The second-order valence-electron chi connectivity index (χ2n) is 7.09. The van der Waals surface area contributed by atoms with E-state index in [-0.39, 0.29) is 18.1 Å². The molecule has 0 unspecified atom stereocenters. The van der Waals surface area contributed by atoms with E-state index >= 15 is 0 Å². The van der Waals surface area contributed by atoms with Crippen molar-refractivity contribution < 1.29 is 14.3 Å². The number of nitrogens with zero attached hydrogens (tertiary/aromatic N) is 4. The minimum absolute atomic E-state index is 0.0169. The lowest BCUT2D eigenvalue weighted by molar-refractivity contribution is -0.131. The summed E-state index contributed by atoms with van der Waals surface area (Å²) in [7, 11) is 0. The van der Waals surface area contributed by atoms with E-state index in [1.807, 2.05) is 11.8 Å². The monoisotopic (exact) mass is 394 g/mol. The van der Waals surface area contributed by atoms with Crippen molar-refractivity contribution in [3.8, 4) is 5.75 Å². The summed E-state index contributed by atoms with van der Waals surface area (Å²) in [6.07, 6.45) is 3.99. The normalized spacial score (nSPS) is 14.4. The number of aromatic nitrogens is 2. The number of carbonyl (C=O) groups is 1. The average Bonchev–Trinajstić information content (AvgIpc) is 2.74. The van der Waals surface area contributed by atoms with E-state index in [0.29, 0.717) is 49.7 Å². The van der Waals surface area contributed by atoms with Gasteiger partial charge in [0.15, 0.2) is 0 Å². The quantitative estimate of drug-likeness (QED) is 0.675. The van der Waals surface area contributed by atoms with E-state index in [9.17, 15) is 14.7 Å². The summed E-state index contributed by atoms with van der Waals surface area (Å²) >= 11 is 0. The van der Waals surface area contributed by atoms with E-state index in [2.05, 4.69) is 14.9 Å². The van der Waals surface area contributed by atoms with Crippen LogP contribution in [0.4, 0.5) is 5.95 Å². The van der Waals surface area contributed by atoms with Crippen LogP contribution < -0.4 is 10.5 Å². The van der Waals surface area contributed by atoms with Gasteiger partial charge in [0, 0.05) is 62.0 Å². The molecule has 1 aromatic carbocycles. The van der Waals surface area contributed by atoms with E-state index in [0.717, 1.165) is 10.9 Å². The van der Waals surface area contributed by atoms with Crippen LogP contribution in [0.5, 0.6) is 5.75 Å². The standard InChI is InChI=1S/C21H22N4O4/c1-14-16-4-3-15(26)13-18(16)29-20(28)17(14)5-6-19(27)24-9-11-25(12-10-24)21-22-7-2-8-23-21/h2-4,7-8,13,26H,5-6,9-12H2,1H3. The molecule has 3 heterocycles. The lowest BCUT2D eigenvalue weighted by Crippen LogP contribution is -2.49. The third-order valence-corrected chi connectivity index (χ3v) is 5.33. The molecule has 4 rings (SSSR count). The first-order valence-electron chi connectivity index (χ1n) is 9.58. The SMILES string of the molecule is Cc1c(CCC(=O)N2CCN(c3ncccn3)CC2)c(=O)oc2cc(O)ccc12. The second kappa shape index (κ2) is 7.90. The third-order valence-electron chi connectivity index (χ3n) is 5.33. The van der Waals surface area contributed by atoms with Crippen LogP contribution in [0.15, 0.2) is 45.9 Å². The van der Waals surface area contributed by atoms with Gasteiger partial charge in [-0.2, -0.15) is 0 Å². The maximum atomic E-state index is 12.7. The fourth-order valence-corrected chi connectivity index (χ4v) is 3.67. The number of anilines is 1. The molecular formula is C21H22N4O4.